The van der Waals surface area contributed by atoms with Crippen LogP contribution in [0.2, 0.25) is 0 Å². The molecule has 8 nitrogen and oxygen atoms in total. The summed E-state index contributed by atoms with van der Waals surface area (Å²) in [7, 11) is 1.62. The van der Waals surface area contributed by atoms with Gasteiger partial charge >= 0.3 is 0 Å². The number of methoxy groups -OCH3 is 1. The molecule has 4 rings (SSSR count). The van der Waals surface area contributed by atoms with Crippen molar-refractivity contribution in [3.63, 3.8) is 0 Å². The number of aryl methyl sites for hydroxylation is 1. The van der Waals surface area contributed by atoms with E-state index in [1.165, 1.54) is 0 Å². The van der Waals surface area contributed by atoms with E-state index in [1.54, 1.807) is 18.1 Å². The molecule has 190 valence electrons. The van der Waals surface area contributed by atoms with Gasteiger partial charge in [0, 0.05) is 19.7 Å². The van der Waals surface area contributed by atoms with Crippen LogP contribution in [0, 0.1) is 6.92 Å². The quantitative estimate of drug-likeness (QED) is 0.283. The number of nitrogens with zero attached hydrogens (tertiary/aromatic N) is 3. The molecule has 0 aliphatic heterocycles. The Morgan fingerprint density at radius 2 is 1.75 bits per heavy atom. The smallest absolute Gasteiger partial charge is 0.227 e. The highest BCUT2D eigenvalue weighted by Gasteiger charge is 2.24. The van der Waals surface area contributed by atoms with E-state index >= 15 is 0 Å². The second kappa shape index (κ2) is 12.4. The zero-order valence-electron chi connectivity index (χ0n) is 21.0. The van der Waals surface area contributed by atoms with Crippen LogP contribution in [0.5, 0.6) is 17.4 Å². The normalized spacial score (nSPS) is 12.1. The van der Waals surface area contributed by atoms with Gasteiger partial charge in [-0.3, -0.25) is 4.90 Å². The first-order valence-corrected chi connectivity index (χ1v) is 12.0. The van der Waals surface area contributed by atoms with Gasteiger partial charge in [-0.2, -0.15) is 5.10 Å². The molecule has 1 N–H and O–H groups in total. The number of aliphatic hydroxyl groups excluding tert-OH is 1. The van der Waals surface area contributed by atoms with Crippen molar-refractivity contribution < 1.29 is 23.7 Å². The van der Waals surface area contributed by atoms with Gasteiger partial charge in [0.05, 0.1) is 49.6 Å². The third-order valence-electron chi connectivity index (χ3n) is 5.74. The standard InChI is InChI=1S/C28H33N3O5/c1-4-34-20-23(32)17-30(18-24-13-10-16-35-24)19-25-21(2)29-31(22-11-6-5-7-12-22)28(25)36-27-15-9-8-14-26(27)33-3/h5-16,23,32H,4,17-20H2,1-3H3/t23-/m0/s1. The molecule has 0 radical (unpaired) electrons. The SMILES string of the molecule is CCOC[C@@H](O)CN(Cc1ccco1)Cc1c(C)nn(-c2ccccc2)c1Oc1ccccc1OC. The Morgan fingerprint density at radius 1 is 1.00 bits per heavy atom. The van der Waals surface area contributed by atoms with Crippen molar-refractivity contribution in [1.82, 2.24) is 14.7 Å². The van der Waals surface area contributed by atoms with Crippen molar-refractivity contribution in [3.8, 4) is 23.1 Å². The molecule has 0 aliphatic carbocycles. The number of aliphatic hydroxyl groups is 1. The maximum atomic E-state index is 10.6. The van der Waals surface area contributed by atoms with Gasteiger partial charge in [0.1, 0.15) is 5.76 Å². The van der Waals surface area contributed by atoms with Gasteiger partial charge in [0.15, 0.2) is 11.5 Å². The number of hydrogen-bond acceptors (Lipinski definition) is 7. The van der Waals surface area contributed by atoms with Crippen LogP contribution >= 0.6 is 0 Å². The monoisotopic (exact) mass is 491 g/mol. The van der Waals surface area contributed by atoms with Gasteiger partial charge in [-0.1, -0.05) is 30.3 Å². The Bertz CT molecular complexity index is 1210. The number of ether oxygens (including phenoxy) is 3. The van der Waals surface area contributed by atoms with Gasteiger partial charge < -0.3 is 23.7 Å². The third kappa shape index (κ3) is 6.34. The third-order valence-corrected chi connectivity index (χ3v) is 5.74. The van der Waals surface area contributed by atoms with Gasteiger partial charge in [-0.05, 0) is 50.2 Å². The Balaban J connectivity index is 1.71. The van der Waals surface area contributed by atoms with Crippen molar-refractivity contribution in [3.05, 3.63) is 90.0 Å². The molecular weight excluding hydrogens is 458 g/mol. The molecule has 0 unspecified atom stereocenters. The van der Waals surface area contributed by atoms with E-state index in [9.17, 15) is 5.11 Å². The zero-order chi connectivity index (χ0) is 25.3. The second-order valence-corrected chi connectivity index (χ2v) is 8.43. The van der Waals surface area contributed by atoms with E-state index in [-0.39, 0.29) is 6.61 Å². The van der Waals surface area contributed by atoms with Crippen LogP contribution in [0.15, 0.2) is 77.4 Å². The summed E-state index contributed by atoms with van der Waals surface area (Å²) in [6.45, 7) is 6.08. The van der Waals surface area contributed by atoms with Crippen LogP contribution in [-0.4, -0.2) is 52.8 Å². The number of para-hydroxylation sites is 3. The predicted octanol–water partition coefficient (Wildman–Crippen LogP) is 4.97. The maximum Gasteiger partial charge on any atom is 0.227 e. The molecule has 0 saturated heterocycles. The summed E-state index contributed by atoms with van der Waals surface area (Å²) in [5, 5.41) is 15.4. The highest BCUT2D eigenvalue weighted by atomic mass is 16.5. The molecule has 1 atom stereocenters. The van der Waals surface area contributed by atoms with Crippen molar-refractivity contribution in [2.45, 2.75) is 33.0 Å². The maximum absolute atomic E-state index is 10.6. The highest BCUT2D eigenvalue weighted by Crippen LogP contribution is 2.36. The first-order chi connectivity index (χ1) is 17.6. The minimum Gasteiger partial charge on any atom is -0.493 e. The largest absolute Gasteiger partial charge is 0.493 e. The van der Waals surface area contributed by atoms with E-state index in [0.717, 1.165) is 22.7 Å². The molecule has 2 heterocycles. The summed E-state index contributed by atoms with van der Waals surface area (Å²) in [5.74, 6) is 2.61. The van der Waals surface area contributed by atoms with Crippen LogP contribution in [0.3, 0.4) is 0 Å². The zero-order valence-corrected chi connectivity index (χ0v) is 21.0. The van der Waals surface area contributed by atoms with Crippen molar-refractivity contribution in [2.24, 2.45) is 0 Å². The molecule has 0 aliphatic rings. The summed E-state index contributed by atoms with van der Waals surface area (Å²) in [6, 6.07) is 21.2. The Kier molecular flexibility index (Phi) is 8.78. The molecular formula is C28H33N3O5. The molecule has 0 bridgehead atoms. The molecule has 0 fully saturated rings. The van der Waals surface area contributed by atoms with Crippen molar-refractivity contribution in [1.29, 1.82) is 0 Å². The Labute approximate surface area is 211 Å². The van der Waals surface area contributed by atoms with Gasteiger partial charge in [-0.15, -0.1) is 0 Å². The predicted molar refractivity (Wildman–Crippen MR) is 137 cm³/mol. The molecule has 4 aromatic rings. The fraction of sp³-hybridized carbons (Fsp3) is 0.321. The van der Waals surface area contributed by atoms with E-state index in [0.29, 0.717) is 43.6 Å². The van der Waals surface area contributed by atoms with E-state index in [4.69, 9.17) is 23.7 Å². The van der Waals surface area contributed by atoms with Crippen molar-refractivity contribution >= 4 is 0 Å². The minimum absolute atomic E-state index is 0.262. The summed E-state index contributed by atoms with van der Waals surface area (Å²) >= 11 is 0. The fourth-order valence-electron chi connectivity index (χ4n) is 4.01. The number of furan rings is 1. The summed E-state index contributed by atoms with van der Waals surface area (Å²) in [4.78, 5) is 2.11. The molecule has 0 spiro atoms. The summed E-state index contributed by atoms with van der Waals surface area (Å²) in [5.41, 5.74) is 2.61. The van der Waals surface area contributed by atoms with E-state index in [1.807, 2.05) is 80.6 Å². The summed E-state index contributed by atoms with van der Waals surface area (Å²) < 4.78 is 24.9. The molecule has 2 aromatic heterocycles. The molecule has 2 aromatic carbocycles. The second-order valence-electron chi connectivity index (χ2n) is 8.43. The first-order valence-electron chi connectivity index (χ1n) is 12.0. The van der Waals surface area contributed by atoms with Crippen LogP contribution < -0.4 is 9.47 Å². The topological polar surface area (TPSA) is 82.1 Å². The number of rotatable bonds is 13. The van der Waals surface area contributed by atoms with Gasteiger partial charge in [-0.25, -0.2) is 4.68 Å². The lowest BCUT2D eigenvalue weighted by atomic mass is 10.2. The Hall–Kier alpha value is -3.59. The minimum atomic E-state index is -0.650. The van der Waals surface area contributed by atoms with E-state index in [2.05, 4.69) is 4.90 Å². The van der Waals surface area contributed by atoms with Crippen LogP contribution in [0.25, 0.3) is 5.69 Å². The number of hydrogen-bond donors (Lipinski definition) is 1. The molecule has 36 heavy (non-hydrogen) atoms. The lowest BCUT2D eigenvalue weighted by molar-refractivity contribution is 0.0166. The van der Waals surface area contributed by atoms with E-state index < -0.39 is 6.10 Å². The van der Waals surface area contributed by atoms with Crippen molar-refractivity contribution in [2.75, 3.05) is 26.9 Å². The fourth-order valence-corrected chi connectivity index (χ4v) is 4.01. The summed E-state index contributed by atoms with van der Waals surface area (Å²) in [6.07, 6.45) is 1.00. The average Bonchev–Trinajstić information content (AvgIpc) is 3.52. The number of aromatic nitrogens is 2. The van der Waals surface area contributed by atoms with Gasteiger partial charge in [0.25, 0.3) is 0 Å². The van der Waals surface area contributed by atoms with Crippen LogP contribution in [0.1, 0.15) is 23.9 Å². The highest BCUT2D eigenvalue weighted by molar-refractivity contribution is 5.47. The number of benzene rings is 2. The lowest BCUT2D eigenvalue weighted by Crippen LogP contribution is -2.34. The first kappa shape index (κ1) is 25.5. The molecule has 8 heteroatoms. The molecule has 0 saturated carbocycles. The van der Waals surface area contributed by atoms with Gasteiger partial charge in [0.2, 0.25) is 5.88 Å². The Morgan fingerprint density at radius 3 is 2.44 bits per heavy atom. The lowest BCUT2D eigenvalue weighted by Gasteiger charge is -2.24. The van der Waals surface area contributed by atoms with Crippen LogP contribution in [-0.2, 0) is 17.8 Å². The average molecular weight is 492 g/mol. The van der Waals surface area contributed by atoms with Crippen LogP contribution in [0.4, 0.5) is 0 Å². The molecule has 0 amide bonds.